The number of alkyl halides is 3. The topological polar surface area (TPSA) is 35.8 Å². The van der Waals surface area contributed by atoms with Crippen molar-refractivity contribution >= 4 is 17.3 Å². The molecule has 20 heavy (non-hydrogen) atoms. The summed E-state index contributed by atoms with van der Waals surface area (Å²) in [4.78, 5) is 0. The van der Waals surface area contributed by atoms with Crippen molar-refractivity contribution in [2.75, 3.05) is 11.9 Å². The second kappa shape index (κ2) is 6.36. The Bertz CT molecular complexity index is 504. The Hall–Kier alpha value is -1.41. The van der Waals surface area contributed by atoms with E-state index in [1.165, 1.54) is 12.1 Å². The molecular weight excluding hydrogens is 289 g/mol. The van der Waals surface area contributed by atoms with Gasteiger partial charge in [-0.05, 0) is 38.8 Å². The van der Waals surface area contributed by atoms with Crippen molar-refractivity contribution in [3.63, 3.8) is 0 Å². The van der Waals surface area contributed by atoms with Crippen LogP contribution in [0.5, 0.6) is 0 Å². The lowest BCUT2D eigenvalue weighted by Gasteiger charge is -2.18. The first-order valence-electron chi connectivity index (χ1n) is 6.18. The van der Waals surface area contributed by atoms with E-state index in [4.69, 9.17) is 16.9 Å². The van der Waals surface area contributed by atoms with Gasteiger partial charge in [-0.1, -0.05) is 17.7 Å². The summed E-state index contributed by atoms with van der Waals surface area (Å²) in [6.07, 6.45) is -3.26. The molecule has 0 aliphatic rings. The minimum atomic E-state index is -4.45. The minimum absolute atomic E-state index is 0.0411. The number of nitrogens with zero attached hydrogens (tertiary/aromatic N) is 1. The number of hydrogen-bond donors (Lipinski definition) is 1. The highest BCUT2D eigenvalue weighted by molar-refractivity contribution is 6.33. The lowest BCUT2D eigenvalue weighted by atomic mass is 9.90. The van der Waals surface area contributed by atoms with Crippen molar-refractivity contribution in [3.05, 3.63) is 28.8 Å². The van der Waals surface area contributed by atoms with Crippen LogP contribution in [0.2, 0.25) is 5.02 Å². The number of hydrogen-bond acceptors (Lipinski definition) is 2. The molecule has 0 atom stereocenters. The number of nitriles is 1. The van der Waals surface area contributed by atoms with Crippen molar-refractivity contribution in [1.29, 1.82) is 5.26 Å². The van der Waals surface area contributed by atoms with Crippen molar-refractivity contribution in [1.82, 2.24) is 0 Å². The zero-order valence-corrected chi connectivity index (χ0v) is 12.1. The lowest BCUT2D eigenvalue weighted by Crippen LogP contribution is -2.14. The Labute approximate surface area is 121 Å². The number of anilines is 1. The second-order valence-electron chi connectivity index (χ2n) is 5.19. The van der Waals surface area contributed by atoms with E-state index >= 15 is 0 Å². The van der Waals surface area contributed by atoms with Crippen LogP contribution in [0.1, 0.15) is 32.3 Å². The van der Waals surface area contributed by atoms with E-state index in [-0.39, 0.29) is 10.7 Å². The van der Waals surface area contributed by atoms with E-state index < -0.39 is 17.2 Å². The maximum absolute atomic E-state index is 12.8. The Balaban J connectivity index is 2.72. The van der Waals surface area contributed by atoms with Crippen LogP contribution in [0.4, 0.5) is 18.9 Å². The van der Waals surface area contributed by atoms with Gasteiger partial charge in [-0.3, -0.25) is 0 Å². The molecule has 0 unspecified atom stereocenters. The first kappa shape index (κ1) is 16.6. The molecule has 1 aromatic rings. The number of halogens is 4. The van der Waals surface area contributed by atoms with E-state index in [1.54, 1.807) is 13.8 Å². The van der Waals surface area contributed by atoms with Gasteiger partial charge in [-0.2, -0.15) is 18.4 Å². The summed E-state index contributed by atoms with van der Waals surface area (Å²) >= 11 is 5.82. The molecule has 0 heterocycles. The molecule has 0 saturated carbocycles. The zero-order valence-electron chi connectivity index (χ0n) is 11.3. The van der Waals surface area contributed by atoms with Gasteiger partial charge in [0, 0.05) is 6.54 Å². The van der Waals surface area contributed by atoms with Crippen LogP contribution >= 0.6 is 11.6 Å². The molecule has 0 aromatic heterocycles. The Morgan fingerprint density at radius 3 is 2.50 bits per heavy atom. The highest BCUT2D eigenvalue weighted by atomic mass is 35.5. The van der Waals surface area contributed by atoms with Crippen LogP contribution in [0.15, 0.2) is 18.2 Å². The number of rotatable bonds is 5. The summed E-state index contributed by atoms with van der Waals surface area (Å²) in [5, 5.41) is 11.6. The summed E-state index contributed by atoms with van der Waals surface area (Å²) in [6, 6.07) is 5.83. The third-order valence-corrected chi connectivity index (χ3v) is 3.22. The number of para-hydroxylation sites is 1. The predicted molar refractivity (Wildman–Crippen MR) is 73.6 cm³/mol. The maximum Gasteiger partial charge on any atom is 0.418 e. The van der Waals surface area contributed by atoms with E-state index in [9.17, 15) is 13.2 Å². The molecule has 110 valence electrons. The van der Waals surface area contributed by atoms with Crippen LogP contribution < -0.4 is 5.32 Å². The summed E-state index contributed by atoms with van der Waals surface area (Å²) in [5.41, 5.74) is -1.35. The van der Waals surface area contributed by atoms with Gasteiger partial charge >= 0.3 is 6.18 Å². The molecule has 6 heteroatoms. The van der Waals surface area contributed by atoms with Crippen LogP contribution in [-0.4, -0.2) is 6.54 Å². The fraction of sp³-hybridized carbons (Fsp3) is 0.500. The monoisotopic (exact) mass is 304 g/mol. The zero-order chi connectivity index (χ0) is 15.4. The molecule has 0 amide bonds. The number of benzene rings is 1. The molecule has 0 fully saturated rings. The average molecular weight is 305 g/mol. The van der Waals surface area contributed by atoms with Crippen molar-refractivity contribution in [3.8, 4) is 6.07 Å². The van der Waals surface area contributed by atoms with Gasteiger partial charge in [0.2, 0.25) is 0 Å². The van der Waals surface area contributed by atoms with Crippen LogP contribution in [0.3, 0.4) is 0 Å². The van der Waals surface area contributed by atoms with Crippen molar-refractivity contribution in [2.45, 2.75) is 32.9 Å². The molecule has 0 spiro atoms. The van der Waals surface area contributed by atoms with Gasteiger partial charge < -0.3 is 5.32 Å². The van der Waals surface area contributed by atoms with Crippen LogP contribution in [0.25, 0.3) is 0 Å². The van der Waals surface area contributed by atoms with Gasteiger partial charge in [0.25, 0.3) is 0 Å². The molecular formula is C14H16ClF3N2. The minimum Gasteiger partial charge on any atom is -0.383 e. The predicted octanol–water partition coefficient (Wildman–Crippen LogP) is 5.10. The summed E-state index contributed by atoms with van der Waals surface area (Å²) in [7, 11) is 0. The molecule has 0 aliphatic heterocycles. The van der Waals surface area contributed by atoms with Gasteiger partial charge in [0.15, 0.2) is 0 Å². The molecule has 0 bridgehead atoms. The molecule has 1 aromatic carbocycles. The molecule has 1 rings (SSSR count). The normalized spacial score (nSPS) is 12.1. The highest BCUT2D eigenvalue weighted by Gasteiger charge is 2.34. The van der Waals surface area contributed by atoms with Gasteiger partial charge in [0.1, 0.15) is 0 Å². The lowest BCUT2D eigenvalue weighted by molar-refractivity contribution is -0.136. The van der Waals surface area contributed by atoms with E-state index in [0.29, 0.717) is 19.4 Å². The van der Waals surface area contributed by atoms with E-state index in [2.05, 4.69) is 11.4 Å². The molecule has 0 radical (unpaired) electrons. The summed E-state index contributed by atoms with van der Waals surface area (Å²) in [6.45, 7) is 3.92. The fourth-order valence-electron chi connectivity index (χ4n) is 1.74. The first-order valence-corrected chi connectivity index (χ1v) is 6.56. The molecule has 0 saturated heterocycles. The summed E-state index contributed by atoms with van der Waals surface area (Å²) in [5.74, 6) is 0. The van der Waals surface area contributed by atoms with Crippen LogP contribution in [0, 0.1) is 16.7 Å². The van der Waals surface area contributed by atoms with Gasteiger partial charge in [0.05, 0.1) is 27.8 Å². The number of nitrogens with one attached hydrogen (secondary N) is 1. The Morgan fingerprint density at radius 1 is 1.30 bits per heavy atom. The SMILES string of the molecule is CC(C)(C#N)CCCNc1c(Cl)cccc1C(F)(F)F. The quantitative estimate of drug-likeness (QED) is 0.768. The van der Waals surface area contributed by atoms with Crippen molar-refractivity contribution < 1.29 is 13.2 Å². The first-order chi connectivity index (χ1) is 9.17. The van der Waals surface area contributed by atoms with E-state index in [0.717, 1.165) is 6.07 Å². The highest BCUT2D eigenvalue weighted by Crippen LogP contribution is 2.38. The molecule has 1 N–H and O–H groups in total. The van der Waals surface area contributed by atoms with Gasteiger partial charge in [-0.25, -0.2) is 0 Å². The third kappa shape index (κ3) is 4.61. The second-order valence-corrected chi connectivity index (χ2v) is 5.59. The summed E-state index contributed by atoms with van der Waals surface area (Å²) < 4.78 is 38.5. The standard InChI is InChI=1S/C14H16ClF3N2/c1-13(2,9-19)7-4-8-20-12-10(14(16,17)18)5-3-6-11(12)15/h3,5-6,20H,4,7-8H2,1-2H3. The van der Waals surface area contributed by atoms with Crippen LogP contribution in [-0.2, 0) is 6.18 Å². The maximum atomic E-state index is 12.8. The Kier molecular flexibility index (Phi) is 5.29. The molecule has 0 aliphatic carbocycles. The Morgan fingerprint density at radius 2 is 1.95 bits per heavy atom. The van der Waals surface area contributed by atoms with Gasteiger partial charge in [-0.15, -0.1) is 0 Å². The van der Waals surface area contributed by atoms with Crippen molar-refractivity contribution in [2.24, 2.45) is 5.41 Å². The largest absolute Gasteiger partial charge is 0.418 e. The third-order valence-electron chi connectivity index (χ3n) is 2.90. The van der Waals surface area contributed by atoms with E-state index in [1.807, 2.05) is 0 Å². The smallest absolute Gasteiger partial charge is 0.383 e. The molecule has 2 nitrogen and oxygen atoms in total. The fourth-order valence-corrected chi connectivity index (χ4v) is 1.98. The average Bonchev–Trinajstić information content (AvgIpc) is 2.34.